The highest BCUT2D eigenvalue weighted by atomic mass is 16.8. The van der Waals surface area contributed by atoms with Crippen LogP contribution in [0.25, 0.3) is 0 Å². The highest BCUT2D eigenvalue weighted by Crippen LogP contribution is 2.42. The standard InChI is InChI=1S/C75H121N11O45/c1-24(62(76)110)77-64(112)33-11-9-13-85(33)67(115)34-12-10-14-86(34)66(114)25(2)78-65(113)43(84-63(111)32(17-87)79-27(4)93)26(3)121-69-47(83-31(8)97)57(127-71-55(109)61(51(105)40(21-91)123-71)131-75(73(118)119)16-36(99)45(81-29(6)95)59(129-75)49(103)38(101)19-89)52(106)42(125-69)23-120-68-46(82-30(7)96)53(107)56(41(22-92)124-68)126-70-54(108)60(50(104)39(20-90)122-70)130-74(72(116)117)15-35(98)44(80-28(5)94)58(128-74)48(102)37(100)18-88/h24-26,32-61,68-71,87-92,98-109H,9-23H2,1-8H3,(H2,76,110)(H,77,112)(H,78,113)(H,79,93)(H,80,94)(H,81,95)(H,82,96)(H,83,97)(H,84,111)(H,116,117)(H,118,119)/t24?,25?,26?,32?,33?,34?,35-,36-,37+,38+,39?,40?,41?,42?,43?,44+,45+,46?,47?,48+,49+,50-,51-,52-,53+,54?,55?,56-,57+,58?,59?,60-,61-,68+,69+,70-,71-,74-,75-/m0/s1. The van der Waals surface area contributed by atoms with Gasteiger partial charge >= 0.3 is 11.9 Å². The number of likely N-dealkylation sites (tertiary alicyclic amines) is 2. The Kier molecular flexibility index (Phi) is 38.8. The molecule has 0 bridgehead atoms. The van der Waals surface area contributed by atoms with Gasteiger partial charge in [-0.1, -0.05) is 0 Å². The normalized spacial score (nSPS) is 37.1. The molecular formula is C75H121N11O45. The maximum Gasteiger partial charge on any atom is 0.364 e. The van der Waals surface area contributed by atoms with Gasteiger partial charge in [0.15, 0.2) is 25.2 Å². The van der Waals surface area contributed by atoms with Gasteiger partial charge in [-0.15, -0.1) is 0 Å². The average molecular weight is 1900 g/mol. The molecule has 8 rings (SSSR count). The summed E-state index contributed by atoms with van der Waals surface area (Å²) in [4.78, 5) is 177. The highest BCUT2D eigenvalue weighted by molar-refractivity contribution is 5.97. The minimum absolute atomic E-state index is 0.0503. The number of hydrogen-bond acceptors (Lipinski definition) is 43. The van der Waals surface area contributed by atoms with Gasteiger partial charge in [-0.25, -0.2) is 9.59 Å². The van der Waals surface area contributed by atoms with E-state index in [1.807, 2.05) is 0 Å². The van der Waals surface area contributed by atoms with Gasteiger partial charge in [-0.2, -0.15) is 0 Å². The third-order valence-electron chi connectivity index (χ3n) is 23.4. The third-order valence-corrected chi connectivity index (χ3v) is 23.4. The zero-order valence-electron chi connectivity index (χ0n) is 72.1. The second kappa shape index (κ2) is 46.9. The van der Waals surface area contributed by atoms with Crippen LogP contribution in [0.2, 0.25) is 0 Å². The Morgan fingerprint density at radius 2 is 0.893 bits per heavy atom. The van der Waals surface area contributed by atoms with E-state index in [0.717, 1.165) is 53.4 Å². The summed E-state index contributed by atoms with van der Waals surface area (Å²) in [6, 6.07) is -17.0. The number of carbonyl (C=O) groups is 13. The van der Waals surface area contributed by atoms with E-state index < -0.39 is 374 Å². The van der Waals surface area contributed by atoms with Crippen molar-refractivity contribution in [3.05, 3.63) is 0 Å². The topological polar surface area (TPSA) is 866 Å². The predicted octanol–water partition coefficient (Wildman–Crippen LogP) is -18.2. The van der Waals surface area contributed by atoms with Gasteiger partial charge in [0.25, 0.3) is 11.6 Å². The number of rotatable bonds is 40. The number of amides is 11. The number of carboxylic acid groups (broad SMARTS) is 2. The molecule has 8 aliphatic rings. The fourth-order valence-electron chi connectivity index (χ4n) is 16.7. The Hall–Kier alpha value is -8.09. The number of nitrogens with zero attached hydrogens (tertiary/aromatic N) is 2. The Balaban J connectivity index is 1.16. The molecule has 17 unspecified atom stereocenters. The van der Waals surface area contributed by atoms with Gasteiger partial charge < -0.3 is 217 Å². The molecule has 131 heavy (non-hydrogen) atoms. The first-order valence-corrected chi connectivity index (χ1v) is 41.9. The van der Waals surface area contributed by atoms with E-state index in [1.165, 1.54) is 11.8 Å². The van der Waals surface area contributed by atoms with Crippen LogP contribution < -0.4 is 48.3 Å². The molecular weight excluding hydrogens is 1770 g/mol. The number of nitrogens with two attached hydrogens (primary N) is 1. The van der Waals surface area contributed by atoms with Crippen molar-refractivity contribution in [2.75, 3.05) is 59.3 Å². The molecule has 0 saturated carbocycles. The Labute approximate surface area is 744 Å². The number of primary amides is 1. The SMILES string of the molecule is CC(=O)NC(CO)C(=O)NC(C(=O)NC(C)C(=O)N1CCCC1C(=O)N1CCCC1C(=O)NC(C)C(N)=O)C(C)O[C@@H]1OC(CO[C@@H]2OC(CO)[C@H](O[C@@H]3OC(CO)[C@H](O)[C@H](O[C@]4(C(=O)O)C[C@H](O)[C@@H](NC(C)=O)C([C@H](O)[C@H](O)CO)O4)C3O)[C@H](O)C2NC(C)=O)[C@H](O)[C@H](O[C@@H]2OC(CO)[C@H](O)[C@H](O[C@]3(C(=O)O)C[C@H](O)[C@@H](NC(C)=O)C([C@H](O)[C@H](O)CO)O3)C2O)C1NC(C)=O. The fraction of sp³-hybridized carbons (Fsp3) is 0.827. The van der Waals surface area contributed by atoms with E-state index in [-0.39, 0.29) is 32.4 Å². The summed E-state index contributed by atoms with van der Waals surface area (Å²) >= 11 is 0. The smallest absolute Gasteiger partial charge is 0.364 e. The van der Waals surface area contributed by atoms with Gasteiger partial charge in [-0.3, -0.25) is 52.7 Å². The van der Waals surface area contributed by atoms with Gasteiger partial charge in [0.2, 0.25) is 65.0 Å². The van der Waals surface area contributed by atoms with Crippen LogP contribution in [-0.2, 0) is 119 Å². The molecule has 0 aromatic rings. The number of carboxylic acids is 2. The molecule has 746 valence electrons. The van der Waals surface area contributed by atoms with E-state index in [4.69, 9.17) is 62.6 Å². The minimum Gasteiger partial charge on any atom is -0.477 e. The molecule has 0 radical (unpaired) electrons. The lowest BCUT2D eigenvalue weighted by atomic mass is 9.88. The summed E-state index contributed by atoms with van der Waals surface area (Å²) in [6.45, 7) is -0.653. The molecule has 30 N–H and O–H groups in total. The Bertz CT molecular complexity index is 3950. The lowest BCUT2D eigenvalue weighted by Gasteiger charge is -2.51. The summed E-state index contributed by atoms with van der Waals surface area (Å²) in [5, 5.41) is 242. The van der Waals surface area contributed by atoms with Crippen LogP contribution in [0.1, 0.15) is 93.9 Å². The van der Waals surface area contributed by atoms with Gasteiger partial charge in [0, 0.05) is 60.5 Å². The number of aliphatic hydroxyl groups excluding tert-OH is 18. The minimum atomic E-state index is -3.41. The number of carbonyl (C=O) groups excluding carboxylic acids is 11. The zero-order chi connectivity index (χ0) is 97.8. The molecule has 39 atom stereocenters. The van der Waals surface area contributed by atoms with Crippen molar-refractivity contribution in [3.63, 3.8) is 0 Å². The van der Waals surface area contributed by atoms with E-state index in [2.05, 4.69) is 42.5 Å². The number of ether oxygens (including phenoxy) is 12. The third kappa shape index (κ3) is 25.4. The molecule has 56 nitrogen and oxygen atoms in total. The molecule has 56 heteroatoms. The van der Waals surface area contributed by atoms with Crippen LogP contribution in [0.3, 0.4) is 0 Å². The van der Waals surface area contributed by atoms with Gasteiger partial charge in [0.05, 0.1) is 76.6 Å². The van der Waals surface area contributed by atoms with Crippen molar-refractivity contribution in [3.8, 4) is 0 Å². The van der Waals surface area contributed by atoms with E-state index >= 15 is 4.79 Å². The monoisotopic (exact) mass is 1900 g/mol. The van der Waals surface area contributed by atoms with E-state index in [1.54, 1.807) is 0 Å². The number of aliphatic carboxylic acids is 2. The quantitative estimate of drug-likeness (QED) is 0.0271. The lowest BCUT2D eigenvalue weighted by Crippen LogP contribution is -2.71. The molecule has 8 heterocycles. The van der Waals surface area contributed by atoms with Crippen LogP contribution in [-0.4, -0.2) is 486 Å². The largest absolute Gasteiger partial charge is 0.477 e. The van der Waals surface area contributed by atoms with Crippen molar-refractivity contribution >= 4 is 76.9 Å². The van der Waals surface area contributed by atoms with Crippen molar-refractivity contribution < 1.29 is 221 Å². The maximum atomic E-state index is 15.1. The molecule has 8 aliphatic heterocycles. The fourth-order valence-corrected chi connectivity index (χ4v) is 16.7. The van der Waals surface area contributed by atoms with Crippen molar-refractivity contribution in [1.29, 1.82) is 0 Å². The van der Waals surface area contributed by atoms with Crippen LogP contribution in [0.4, 0.5) is 0 Å². The lowest BCUT2D eigenvalue weighted by molar-refractivity contribution is -0.385. The van der Waals surface area contributed by atoms with Gasteiger partial charge in [-0.05, 0) is 46.5 Å². The first kappa shape index (κ1) is 108. The highest BCUT2D eigenvalue weighted by Gasteiger charge is 2.64. The van der Waals surface area contributed by atoms with Crippen molar-refractivity contribution in [2.24, 2.45) is 5.73 Å². The number of aliphatic hydroxyl groups is 18. The summed E-state index contributed by atoms with van der Waals surface area (Å²) in [5.41, 5.74) is 5.36. The first-order chi connectivity index (χ1) is 61.5. The molecule has 8 saturated heterocycles. The number of nitrogens with one attached hydrogen (secondary N) is 8. The molecule has 0 aromatic heterocycles. The summed E-state index contributed by atoms with van der Waals surface area (Å²) in [7, 11) is 0. The summed E-state index contributed by atoms with van der Waals surface area (Å²) < 4.78 is 71.9. The summed E-state index contributed by atoms with van der Waals surface area (Å²) in [6.07, 6.45) is -63.8. The van der Waals surface area contributed by atoms with Crippen LogP contribution >= 0.6 is 0 Å². The van der Waals surface area contributed by atoms with Crippen molar-refractivity contribution in [1.82, 2.24) is 52.3 Å². The van der Waals surface area contributed by atoms with E-state index in [9.17, 15) is 160 Å². The second-order valence-electron chi connectivity index (χ2n) is 33.1. The predicted molar refractivity (Wildman–Crippen MR) is 419 cm³/mol. The molecule has 0 aromatic carbocycles. The van der Waals surface area contributed by atoms with Crippen LogP contribution in [0.15, 0.2) is 0 Å². The van der Waals surface area contributed by atoms with Crippen LogP contribution in [0, 0.1) is 0 Å². The Morgan fingerprint density at radius 3 is 1.34 bits per heavy atom. The van der Waals surface area contributed by atoms with Gasteiger partial charge in [0.1, 0.15) is 170 Å². The Morgan fingerprint density at radius 1 is 0.458 bits per heavy atom. The average Bonchev–Trinajstić information content (AvgIpc) is 1.24. The molecule has 0 aliphatic carbocycles. The zero-order valence-corrected chi connectivity index (χ0v) is 72.1. The number of hydrogen-bond donors (Lipinski definition) is 29. The first-order valence-electron chi connectivity index (χ1n) is 41.9. The van der Waals surface area contributed by atoms with Crippen LogP contribution in [0.5, 0.6) is 0 Å². The van der Waals surface area contributed by atoms with Crippen molar-refractivity contribution in [2.45, 2.75) is 331 Å². The molecule has 8 fully saturated rings. The van der Waals surface area contributed by atoms with E-state index in [0.29, 0.717) is 6.42 Å². The maximum absolute atomic E-state index is 15.1. The molecule has 0 spiro atoms. The summed E-state index contributed by atoms with van der Waals surface area (Å²) in [5.74, 6) is -21.8. The molecule has 11 amide bonds. The second-order valence-corrected chi connectivity index (χ2v) is 33.1.